The zero-order chi connectivity index (χ0) is 14.0. The van der Waals surface area contributed by atoms with Gasteiger partial charge in [-0.05, 0) is 42.8 Å². The molecule has 0 heterocycles. The van der Waals surface area contributed by atoms with Crippen LogP contribution in [0.25, 0.3) is 0 Å². The molecule has 1 atom stereocenters. The maximum Gasteiger partial charge on any atom is 0.113 e. The van der Waals surface area contributed by atoms with E-state index in [1.807, 2.05) is 6.07 Å². The van der Waals surface area contributed by atoms with E-state index in [4.69, 9.17) is 28.5 Å². The first-order valence-corrected chi connectivity index (χ1v) is 6.39. The van der Waals surface area contributed by atoms with Crippen LogP contribution in [0.15, 0.2) is 42.5 Å². The fourth-order valence-corrected chi connectivity index (χ4v) is 2.39. The lowest BCUT2D eigenvalue weighted by Gasteiger charge is -2.26. The van der Waals surface area contributed by atoms with Gasteiger partial charge in [-0.25, -0.2) is 0 Å². The van der Waals surface area contributed by atoms with Crippen molar-refractivity contribution >= 4 is 23.2 Å². The van der Waals surface area contributed by atoms with Gasteiger partial charge in [0.05, 0.1) is 11.6 Å². The number of halogens is 2. The Balaban J connectivity index is 2.58. The van der Waals surface area contributed by atoms with Gasteiger partial charge in [0.2, 0.25) is 0 Å². The Hall–Kier alpha value is -1.53. The van der Waals surface area contributed by atoms with Crippen molar-refractivity contribution in [2.45, 2.75) is 12.5 Å². The Morgan fingerprint density at radius 1 is 1.16 bits per heavy atom. The Labute approximate surface area is 121 Å². The van der Waals surface area contributed by atoms with Crippen LogP contribution in [0.5, 0.6) is 0 Å². The highest BCUT2D eigenvalue weighted by atomic mass is 35.5. The van der Waals surface area contributed by atoms with E-state index >= 15 is 0 Å². The minimum Gasteiger partial charge on any atom is -0.381 e. The smallest absolute Gasteiger partial charge is 0.113 e. The zero-order valence-electron chi connectivity index (χ0n) is 10.2. The van der Waals surface area contributed by atoms with Crippen LogP contribution < -0.4 is 0 Å². The topological polar surface area (TPSA) is 44.0 Å². The zero-order valence-corrected chi connectivity index (χ0v) is 11.7. The van der Waals surface area contributed by atoms with Crippen LogP contribution in [-0.2, 0) is 5.60 Å². The summed E-state index contributed by atoms with van der Waals surface area (Å²) in [4.78, 5) is 0. The van der Waals surface area contributed by atoms with Gasteiger partial charge in [0.15, 0.2) is 0 Å². The molecule has 0 amide bonds. The Morgan fingerprint density at radius 2 is 1.89 bits per heavy atom. The third-order valence-electron chi connectivity index (χ3n) is 3.01. The lowest BCUT2D eigenvalue weighted by molar-refractivity contribution is 0.102. The average molecular weight is 292 g/mol. The van der Waals surface area contributed by atoms with Gasteiger partial charge in [0.25, 0.3) is 0 Å². The van der Waals surface area contributed by atoms with E-state index in [1.54, 1.807) is 49.4 Å². The van der Waals surface area contributed by atoms with Gasteiger partial charge < -0.3 is 5.11 Å². The summed E-state index contributed by atoms with van der Waals surface area (Å²) in [7, 11) is 0. The molecule has 0 aliphatic carbocycles. The number of hydrogen-bond acceptors (Lipinski definition) is 2. The van der Waals surface area contributed by atoms with Gasteiger partial charge in [-0.2, -0.15) is 5.26 Å². The van der Waals surface area contributed by atoms with E-state index < -0.39 is 5.60 Å². The normalized spacial score (nSPS) is 13.6. The Morgan fingerprint density at radius 3 is 2.58 bits per heavy atom. The molecule has 0 aliphatic rings. The number of hydrogen-bond donors (Lipinski definition) is 1. The summed E-state index contributed by atoms with van der Waals surface area (Å²) in [5, 5.41) is 20.6. The Kier molecular flexibility index (Phi) is 3.82. The second-order valence-electron chi connectivity index (χ2n) is 4.39. The number of rotatable bonds is 2. The van der Waals surface area contributed by atoms with E-state index in [-0.39, 0.29) is 0 Å². The van der Waals surface area contributed by atoms with E-state index in [0.29, 0.717) is 26.7 Å². The van der Waals surface area contributed by atoms with Gasteiger partial charge in [-0.15, -0.1) is 0 Å². The molecule has 0 aliphatic heterocycles. The van der Waals surface area contributed by atoms with Crippen LogP contribution in [0, 0.1) is 11.3 Å². The van der Waals surface area contributed by atoms with Crippen LogP contribution >= 0.6 is 23.2 Å². The third-order valence-corrected chi connectivity index (χ3v) is 3.57. The van der Waals surface area contributed by atoms with Crippen molar-refractivity contribution in [2.75, 3.05) is 0 Å². The molecule has 1 unspecified atom stereocenters. The van der Waals surface area contributed by atoms with Gasteiger partial charge >= 0.3 is 0 Å². The first-order chi connectivity index (χ1) is 8.95. The van der Waals surface area contributed by atoms with Crippen molar-refractivity contribution in [3.63, 3.8) is 0 Å². The maximum absolute atomic E-state index is 10.7. The van der Waals surface area contributed by atoms with Crippen LogP contribution in [0.1, 0.15) is 23.6 Å². The van der Waals surface area contributed by atoms with Crippen molar-refractivity contribution in [1.29, 1.82) is 5.26 Å². The molecular formula is C15H11Cl2NO. The van der Waals surface area contributed by atoms with E-state index in [0.717, 1.165) is 0 Å². The van der Waals surface area contributed by atoms with E-state index in [2.05, 4.69) is 0 Å². The van der Waals surface area contributed by atoms with Crippen molar-refractivity contribution in [3.05, 3.63) is 69.2 Å². The molecule has 4 heteroatoms. The van der Waals surface area contributed by atoms with Crippen molar-refractivity contribution in [1.82, 2.24) is 0 Å². The lowest BCUT2D eigenvalue weighted by atomic mass is 9.87. The minimum absolute atomic E-state index is 0.428. The molecular weight excluding hydrogens is 281 g/mol. The van der Waals surface area contributed by atoms with E-state index in [9.17, 15) is 5.11 Å². The van der Waals surface area contributed by atoms with Crippen molar-refractivity contribution in [3.8, 4) is 6.07 Å². The standard InChI is InChI=1S/C15H11Cl2NO/c1-15(19,11-4-2-3-10(7-11)9-18)13-8-12(16)5-6-14(13)17/h2-8,19H,1H3. The molecule has 0 aromatic heterocycles. The quantitative estimate of drug-likeness (QED) is 0.904. The fraction of sp³-hybridized carbons (Fsp3) is 0.133. The fourth-order valence-electron chi connectivity index (χ4n) is 1.92. The molecule has 96 valence electrons. The summed E-state index contributed by atoms with van der Waals surface area (Å²) < 4.78 is 0. The third kappa shape index (κ3) is 2.74. The predicted molar refractivity (Wildman–Crippen MR) is 76.3 cm³/mol. The molecule has 2 nitrogen and oxygen atoms in total. The highest BCUT2D eigenvalue weighted by Gasteiger charge is 2.28. The van der Waals surface area contributed by atoms with E-state index in [1.165, 1.54) is 0 Å². The van der Waals surface area contributed by atoms with Crippen LogP contribution in [0.2, 0.25) is 10.0 Å². The SMILES string of the molecule is CC(O)(c1cccc(C#N)c1)c1cc(Cl)ccc1Cl. The molecule has 2 rings (SSSR count). The second kappa shape index (κ2) is 5.22. The van der Waals surface area contributed by atoms with Crippen molar-refractivity contribution < 1.29 is 5.11 Å². The lowest BCUT2D eigenvalue weighted by Crippen LogP contribution is -2.23. The van der Waals surface area contributed by atoms with Crippen LogP contribution in [0.3, 0.4) is 0 Å². The summed E-state index contributed by atoms with van der Waals surface area (Å²) in [5.74, 6) is 0. The second-order valence-corrected chi connectivity index (χ2v) is 5.23. The summed E-state index contributed by atoms with van der Waals surface area (Å²) in [5.41, 5.74) is 0.276. The molecule has 19 heavy (non-hydrogen) atoms. The summed E-state index contributed by atoms with van der Waals surface area (Å²) in [6.45, 7) is 1.63. The van der Waals surface area contributed by atoms with Gasteiger partial charge in [0.1, 0.15) is 5.60 Å². The summed E-state index contributed by atoms with van der Waals surface area (Å²) >= 11 is 12.1. The molecule has 0 bridgehead atoms. The molecule has 1 N–H and O–H groups in total. The molecule has 0 saturated heterocycles. The highest BCUT2D eigenvalue weighted by Crippen LogP contribution is 2.35. The van der Waals surface area contributed by atoms with Crippen molar-refractivity contribution in [2.24, 2.45) is 0 Å². The summed E-state index contributed by atoms with van der Waals surface area (Å²) in [6.07, 6.45) is 0. The number of benzene rings is 2. The van der Waals surface area contributed by atoms with Crippen LogP contribution in [-0.4, -0.2) is 5.11 Å². The van der Waals surface area contributed by atoms with Gasteiger partial charge in [-0.3, -0.25) is 0 Å². The molecule has 2 aromatic carbocycles. The number of nitrogens with zero attached hydrogens (tertiary/aromatic N) is 1. The molecule has 0 saturated carbocycles. The molecule has 0 radical (unpaired) electrons. The highest BCUT2D eigenvalue weighted by molar-refractivity contribution is 6.33. The molecule has 0 fully saturated rings. The van der Waals surface area contributed by atoms with Crippen LogP contribution in [0.4, 0.5) is 0 Å². The summed E-state index contributed by atoms with van der Waals surface area (Å²) in [6, 6.07) is 13.8. The maximum atomic E-state index is 10.7. The predicted octanol–water partition coefficient (Wildman–Crippen LogP) is 4.12. The van der Waals surface area contributed by atoms with Gasteiger partial charge in [0, 0.05) is 15.6 Å². The monoisotopic (exact) mass is 291 g/mol. The number of aliphatic hydroxyl groups is 1. The Bertz CT molecular complexity index is 659. The minimum atomic E-state index is -1.31. The number of nitriles is 1. The first-order valence-electron chi connectivity index (χ1n) is 5.63. The first kappa shape index (κ1) is 13.9. The molecule has 0 spiro atoms. The van der Waals surface area contributed by atoms with Gasteiger partial charge in [-0.1, -0.05) is 35.3 Å². The average Bonchev–Trinajstić information content (AvgIpc) is 2.41. The largest absolute Gasteiger partial charge is 0.381 e. The molecule has 2 aromatic rings.